The molecule has 88 valence electrons. The van der Waals surface area contributed by atoms with E-state index < -0.39 is 11.6 Å². The smallest absolute Gasteiger partial charge is 0.147 e. The summed E-state index contributed by atoms with van der Waals surface area (Å²) in [6.45, 7) is 0. The predicted octanol–water partition coefficient (Wildman–Crippen LogP) is 4.03. The summed E-state index contributed by atoms with van der Waals surface area (Å²) >= 11 is 4.81. The Kier molecular flexibility index (Phi) is 4.08. The Morgan fingerprint density at radius 3 is 2.81 bits per heavy atom. The van der Waals surface area contributed by atoms with Crippen LogP contribution in [-0.2, 0) is 0 Å². The van der Waals surface area contributed by atoms with E-state index in [9.17, 15) is 8.78 Å². The van der Waals surface area contributed by atoms with E-state index >= 15 is 0 Å². The van der Waals surface area contributed by atoms with Crippen molar-refractivity contribution in [2.75, 3.05) is 16.8 Å². The molecular formula is C11H12BrF2NS. The van der Waals surface area contributed by atoms with Crippen LogP contribution in [-0.4, -0.2) is 17.5 Å². The van der Waals surface area contributed by atoms with Crippen molar-refractivity contribution in [3.63, 3.8) is 0 Å². The van der Waals surface area contributed by atoms with Gasteiger partial charge in [-0.1, -0.05) is 0 Å². The van der Waals surface area contributed by atoms with Crippen LogP contribution in [0.15, 0.2) is 16.6 Å². The molecule has 1 aromatic rings. The van der Waals surface area contributed by atoms with Gasteiger partial charge in [-0.05, 0) is 40.6 Å². The number of nitrogens with one attached hydrogen (secondary N) is 1. The maximum atomic E-state index is 13.5. The highest BCUT2D eigenvalue weighted by atomic mass is 79.9. The number of rotatable bonds is 2. The van der Waals surface area contributed by atoms with Crippen LogP contribution >= 0.6 is 27.7 Å². The van der Waals surface area contributed by atoms with Crippen LogP contribution in [0.25, 0.3) is 0 Å². The topological polar surface area (TPSA) is 12.0 Å². The Labute approximate surface area is 106 Å². The van der Waals surface area contributed by atoms with Crippen molar-refractivity contribution >= 4 is 33.4 Å². The Morgan fingerprint density at radius 2 is 2.12 bits per heavy atom. The lowest BCUT2D eigenvalue weighted by molar-refractivity contribution is 0.591. The fraction of sp³-hybridized carbons (Fsp3) is 0.455. The molecule has 0 aliphatic carbocycles. The van der Waals surface area contributed by atoms with Crippen molar-refractivity contribution in [3.8, 4) is 0 Å². The average molecular weight is 308 g/mol. The van der Waals surface area contributed by atoms with Gasteiger partial charge >= 0.3 is 0 Å². The molecule has 0 amide bonds. The van der Waals surface area contributed by atoms with Gasteiger partial charge in [-0.3, -0.25) is 0 Å². The minimum atomic E-state index is -0.438. The van der Waals surface area contributed by atoms with Crippen molar-refractivity contribution in [2.45, 2.75) is 18.9 Å². The largest absolute Gasteiger partial charge is 0.379 e. The Balaban J connectivity index is 2.11. The summed E-state index contributed by atoms with van der Waals surface area (Å²) in [4.78, 5) is 0. The van der Waals surface area contributed by atoms with Crippen LogP contribution in [0.2, 0.25) is 0 Å². The maximum Gasteiger partial charge on any atom is 0.147 e. The second-order valence-corrected chi connectivity index (χ2v) is 5.81. The Hall–Kier alpha value is -0.290. The molecule has 0 aromatic heterocycles. The lowest BCUT2D eigenvalue weighted by Crippen LogP contribution is -2.26. The second kappa shape index (κ2) is 5.36. The van der Waals surface area contributed by atoms with Crippen LogP contribution in [0, 0.1) is 11.6 Å². The van der Waals surface area contributed by atoms with Gasteiger partial charge in [0.05, 0.1) is 10.2 Å². The zero-order chi connectivity index (χ0) is 11.5. The van der Waals surface area contributed by atoms with Gasteiger partial charge in [0.25, 0.3) is 0 Å². The highest BCUT2D eigenvalue weighted by Crippen LogP contribution is 2.26. The molecule has 1 aliphatic rings. The summed E-state index contributed by atoms with van der Waals surface area (Å²) in [5.74, 6) is 1.27. The van der Waals surface area contributed by atoms with Crippen molar-refractivity contribution in [1.29, 1.82) is 0 Å². The highest BCUT2D eigenvalue weighted by Gasteiger charge is 2.16. The molecule has 2 rings (SSSR count). The zero-order valence-electron chi connectivity index (χ0n) is 8.60. The summed E-state index contributed by atoms with van der Waals surface area (Å²) in [7, 11) is 0. The molecule has 1 atom stereocenters. The molecule has 1 aromatic carbocycles. The molecular weight excluding hydrogens is 296 g/mol. The first-order valence-electron chi connectivity index (χ1n) is 5.15. The third-order valence-corrected chi connectivity index (χ3v) is 4.35. The lowest BCUT2D eigenvalue weighted by Gasteiger charge is -2.23. The monoisotopic (exact) mass is 307 g/mol. The summed E-state index contributed by atoms with van der Waals surface area (Å²) in [6, 6.07) is 2.61. The molecule has 0 bridgehead atoms. The van der Waals surface area contributed by atoms with Gasteiger partial charge in [0.1, 0.15) is 11.6 Å². The second-order valence-electron chi connectivity index (χ2n) is 3.80. The SMILES string of the molecule is Fc1cc(NC2CCCSC2)c(F)cc1Br. The molecule has 1 aliphatic heterocycles. The predicted molar refractivity (Wildman–Crippen MR) is 68.0 cm³/mol. The molecule has 0 spiro atoms. The molecule has 1 saturated heterocycles. The Morgan fingerprint density at radius 1 is 1.31 bits per heavy atom. The fourth-order valence-corrected chi connectivity index (χ4v) is 3.10. The maximum absolute atomic E-state index is 13.5. The minimum absolute atomic E-state index is 0.161. The number of anilines is 1. The summed E-state index contributed by atoms with van der Waals surface area (Å²) < 4.78 is 26.9. The van der Waals surface area contributed by atoms with Crippen LogP contribution < -0.4 is 5.32 Å². The first-order chi connectivity index (χ1) is 7.66. The lowest BCUT2D eigenvalue weighted by atomic mass is 10.1. The number of benzene rings is 1. The minimum Gasteiger partial charge on any atom is -0.379 e. The van der Waals surface area contributed by atoms with Gasteiger partial charge in [-0.2, -0.15) is 11.8 Å². The zero-order valence-corrected chi connectivity index (χ0v) is 11.0. The molecule has 1 heterocycles. The average Bonchev–Trinajstić information content (AvgIpc) is 2.27. The molecule has 5 heteroatoms. The summed E-state index contributed by atoms with van der Waals surface area (Å²) in [5.41, 5.74) is 0.258. The van der Waals surface area contributed by atoms with Crippen molar-refractivity contribution < 1.29 is 8.78 Å². The fourth-order valence-electron chi connectivity index (χ4n) is 1.71. The van der Waals surface area contributed by atoms with E-state index in [2.05, 4.69) is 21.2 Å². The molecule has 1 fully saturated rings. The van der Waals surface area contributed by atoms with Gasteiger partial charge in [-0.15, -0.1) is 0 Å². The molecule has 16 heavy (non-hydrogen) atoms. The van der Waals surface area contributed by atoms with E-state index in [0.29, 0.717) is 0 Å². The number of thioether (sulfide) groups is 1. The van der Waals surface area contributed by atoms with Crippen LogP contribution in [0.3, 0.4) is 0 Å². The number of halogens is 3. The molecule has 1 N–H and O–H groups in total. The number of hydrogen-bond donors (Lipinski definition) is 1. The molecule has 1 nitrogen and oxygen atoms in total. The summed E-state index contributed by atoms with van der Waals surface area (Å²) in [6.07, 6.45) is 2.15. The van der Waals surface area contributed by atoms with E-state index in [1.54, 1.807) is 0 Å². The first-order valence-corrected chi connectivity index (χ1v) is 7.10. The van der Waals surface area contributed by atoms with Gasteiger partial charge in [0.2, 0.25) is 0 Å². The van der Waals surface area contributed by atoms with E-state index in [-0.39, 0.29) is 16.2 Å². The van der Waals surface area contributed by atoms with E-state index in [4.69, 9.17) is 0 Å². The third-order valence-electron chi connectivity index (χ3n) is 2.53. The molecule has 0 radical (unpaired) electrons. The van der Waals surface area contributed by atoms with Crippen molar-refractivity contribution in [1.82, 2.24) is 0 Å². The molecule has 0 saturated carbocycles. The Bertz CT molecular complexity index is 380. The first kappa shape index (κ1) is 12.2. The third kappa shape index (κ3) is 2.88. The quantitative estimate of drug-likeness (QED) is 0.828. The van der Waals surface area contributed by atoms with Crippen LogP contribution in [0.5, 0.6) is 0 Å². The van der Waals surface area contributed by atoms with Crippen molar-refractivity contribution in [3.05, 3.63) is 28.2 Å². The van der Waals surface area contributed by atoms with Crippen LogP contribution in [0.4, 0.5) is 14.5 Å². The van der Waals surface area contributed by atoms with E-state index in [1.807, 2.05) is 11.8 Å². The van der Waals surface area contributed by atoms with Gasteiger partial charge in [-0.25, -0.2) is 8.78 Å². The normalized spacial score (nSPS) is 20.8. The van der Waals surface area contributed by atoms with Crippen LogP contribution in [0.1, 0.15) is 12.8 Å². The highest BCUT2D eigenvalue weighted by molar-refractivity contribution is 9.10. The standard InChI is InChI=1S/C11H12BrF2NS/c12-8-4-10(14)11(5-9(8)13)15-7-2-1-3-16-6-7/h4-5,7,15H,1-3,6H2. The van der Waals surface area contributed by atoms with E-state index in [0.717, 1.165) is 30.4 Å². The van der Waals surface area contributed by atoms with Gasteiger partial charge in [0.15, 0.2) is 0 Å². The van der Waals surface area contributed by atoms with Gasteiger partial charge in [0, 0.05) is 17.9 Å². The van der Waals surface area contributed by atoms with Crippen molar-refractivity contribution in [2.24, 2.45) is 0 Å². The van der Waals surface area contributed by atoms with E-state index in [1.165, 1.54) is 6.07 Å². The van der Waals surface area contributed by atoms with Gasteiger partial charge < -0.3 is 5.32 Å². The molecule has 1 unspecified atom stereocenters. The summed E-state index contributed by atoms with van der Waals surface area (Å²) in [5, 5.41) is 3.06. The number of hydrogen-bond acceptors (Lipinski definition) is 2.